The molecule has 1 atom stereocenters. The molecule has 1 aromatic rings. The summed E-state index contributed by atoms with van der Waals surface area (Å²) in [5.74, 6) is -0.426. The first-order valence-corrected chi connectivity index (χ1v) is 9.77. The van der Waals surface area contributed by atoms with Crippen molar-refractivity contribution in [3.63, 3.8) is 0 Å². The fourth-order valence-corrected chi connectivity index (χ4v) is 4.18. The van der Waals surface area contributed by atoms with Crippen molar-refractivity contribution in [1.29, 1.82) is 0 Å². The Balaban J connectivity index is 1.46. The normalized spacial score (nSPS) is 22.4. The zero-order valence-electron chi connectivity index (χ0n) is 14.6. The van der Waals surface area contributed by atoms with E-state index in [1.54, 1.807) is 0 Å². The summed E-state index contributed by atoms with van der Waals surface area (Å²) in [6.45, 7) is 5.09. The summed E-state index contributed by atoms with van der Waals surface area (Å²) >= 11 is 1.34. The van der Waals surface area contributed by atoms with Gasteiger partial charge in [0.1, 0.15) is 0 Å². The van der Waals surface area contributed by atoms with Crippen LogP contribution in [0, 0.1) is 0 Å². The van der Waals surface area contributed by atoms with Crippen LogP contribution in [-0.2, 0) is 9.59 Å². The number of thioether (sulfide) groups is 1. The molecule has 2 aliphatic rings. The second-order valence-corrected chi connectivity index (χ2v) is 7.67. The number of anilines is 1. The van der Waals surface area contributed by atoms with E-state index in [-0.39, 0.29) is 11.8 Å². The van der Waals surface area contributed by atoms with Crippen LogP contribution in [0.3, 0.4) is 0 Å². The van der Waals surface area contributed by atoms with E-state index in [9.17, 15) is 9.59 Å². The quantitative estimate of drug-likeness (QED) is 0.627. The van der Waals surface area contributed by atoms with Crippen molar-refractivity contribution in [3.8, 4) is 0 Å². The maximum atomic E-state index is 12.1. The zero-order chi connectivity index (χ0) is 17.6. The fourth-order valence-electron chi connectivity index (χ4n) is 3.26. The molecule has 1 saturated heterocycles. The fraction of sp³-hybridized carbons (Fsp3) is 0.474. The van der Waals surface area contributed by atoms with Gasteiger partial charge in [0.2, 0.25) is 5.91 Å². The highest BCUT2D eigenvalue weighted by Crippen LogP contribution is 2.37. The summed E-state index contributed by atoms with van der Waals surface area (Å²) in [4.78, 5) is 28.1. The first-order chi connectivity index (χ1) is 12.1. The molecule has 3 rings (SSSR count). The van der Waals surface area contributed by atoms with Gasteiger partial charge >= 0.3 is 0 Å². The lowest BCUT2D eigenvalue weighted by molar-refractivity contribution is -0.117. The summed E-state index contributed by atoms with van der Waals surface area (Å²) in [6, 6.07) is 8.24. The SMILES string of the molecule is C[C@@H]1CCCCN1CCCNC(=O)/C=C1\Sc2ccccc2NC1=O. The number of nitrogens with zero attached hydrogens (tertiary/aromatic N) is 1. The number of carbonyl (C=O) groups is 2. The number of amides is 2. The van der Waals surface area contributed by atoms with Crippen LogP contribution in [0.5, 0.6) is 0 Å². The van der Waals surface area contributed by atoms with Crippen LogP contribution in [0.15, 0.2) is 40.1 Å². The Hall–Kier alpha value is -1.79. The van der Waals surface area contributed by atoms with Gasteiger partial charge in [-0.25, -0.2) is 0 Å². The molecule has 1 fully saturated rings. The molecule has 1 aromatic carbocycles. The Morgan fingerprint density at radius 2 is 2.24 bits per heavy atom. The number of hydrogen-bond donors (Lipinski definition) is 2. The van der Waals surface area contributed by atoms with Crippen LogP contribution in [0.25, 0.3) is 0 Å². The molecule has 2 amide bonds. The van der Waals surface area contributed by atoms with Gasteiger partial charge in [-0.1, -0.05) is 30.3 Å². The monoisotopic (exact) mass is 359 g/mol. The van der Waals surface area contributed by atoms with E-state index in [1.165, 1.54) is 37.1 Å². The van der Waals surface area contributed by atoms with Crippen LogP contribution in [-0.4, -0.2) is 42.4 Å². The molecule has 2 aliphatic heterocycles. The van der Waals surface area contributed by atoms with Crippen molar-refractivity contribution in [1.82, 2.24) is 10.2 Å². The molecule has 25 heavy (non-hydrogen) atoms. The highest BCUT2D eigenvalue weighted by molar-refractivity contribution is 8.04. The third kappa shape index (κ3) is 4.86. The van der Waals surface area contributed by atoms with Gasteiger partial charge in [-0.2, -0.15) is 0 Å². The van der Waals surface area contributed by atoms with Crippen LogP contribution < -0.4 is 10.6 Å². The van der Waals surface area contributed by atoms with Crippen LogP contribution in [0.4, 0.5) is 5.69 Å². The molecule has 0 spiro atoms. The number of piperidine rings is 1. The minimum absolute atomic E-state index is 0.205. The molecule has 2 heterocycles. The summed E-state index contributed by atoms with van der Waals surface area (Å²) in [5, 5.41) is 5.71. The van der Waals surface area contributed by atoms with E-state index in [0.29, 0.717) is 17.5 Å². The van der Waals surface area contributed by atoms with Gasteiger partial charge in [0.05, 0.1) is 10.6 Å². The van der Waals surface area contributed by atoms with Gasteiger partial charge in [-0.05, 0) is 44.9 Å². The van der Waals surface area contributed by atoms with Crippen molar-refractivity contribution in [2.75, 3.05) is 25.0 Å². The van der Waals surface area contributed by atoms with Gasteiger partial charge in [-0.3, -0.25) is 9.59 Å². The minimum Gasteiger partial charge on any atom is -0.352 e. The smallest absolute Gasteiger partial charge is 0.262 e. The Bertz CT molecular complexity index is 674. The zero-order valence-corrected chi connectivity index (χ0v) is 15.4. The van der Waals surface area contributed by atoms with Crippen molar-refractivity contribution in [2.45, 2.75) is 43.5 Å². The van der Waals surface area contributed by atoms with Gasteiger partial charge in [-0.15, -0.1) is 0 Å². The predicted octanol–water partition coefficient (Wildman–Crippen LogP) is 3.00. The molecule has 0 unspecified atom stereocenters. The van der Waals surface area contributed by atoms with Crippen LogP contribution in [0.2, 0.25) is 0 Å². The molecule has 0 aliphatic carbocycles. The van der Waals surface area contributed by atoms with Crippen molar-refractivity contribution < 1.29 is 9.59 Å². The van der Waals surface area contributed by atoms with E-state index in [2.05, 4.69) is 22.5 Å². The number of rotatable bonds is 5. The average molecular weight is 359 g/mol. The Labute approximate surface area is 153 Å². The average Bonchev–Trinajstić information content (AvgIpc) is 2.61. The number of benzene rings is 1. The van der Waals surface area contributed by atoms with Gasteiger partial charge < -0.3 is 15.5 Å². The molecule has 0 bridgehead atoms. The third-order valence-corrected chi connectivity index (χ3v) is 5.80. The minimum atomic E-state index is -0.221. The molecule has 5 nitrogen and oxygen atoms in total. The number of likely N-dealkylation sites (tertiary alicyclic amines) is 1. The number of carbonyl (C=O) groups excluding carboxylic acids is 2. The summed E-state index contributed by atoms with van der Waals surface area (Å²) < 4.78 is 0. The second kappa shape index (κ2) is 8.54. The van der Waals surface area contributed by atoms with E-state index in [4.69, 9.17) is 0 Å². The molecule has 0 radical (unpaired) electrons. The Morgan fingerprint density at radius 1 is 1.40 bits per heavy atom. The molecule has 0 saturated carbocycles. The van der Waals surface area contributed by atoms with Gasteiger partial charge in [0, 0.05) is 30.1 Å². The van der Waals surface area contributed by atoms with E-state index < -0.39 is 0 Å². The van der Waals surface area contributed by atoms with Gasteiger partial charge in [0.15, 0.2) is 0 Å². The molecule has 0 aromatic heterocycles. The van der Waals surface area contributed by atoms with E-state index in [1.807, 2.05) is 24.3 Å². The lowest BCUT2D eigenvalue weighted by Gasteiger charge is -2.33. The third-order valence-electron chi connectivity index (χ3n) is 4.70. The van der Waals surface area contributed by atoms with Gasteiger partial charge in [0.25, 0.3) is 5.91 Å². The molecule has 134 valence electrons. The lowest BCUT2D eigenvalue weighted by atomic mass is 10.0. The largest absolute Gasteiger partial charge is 0.352 e. The number of fused-ring (bicyclic) bond motifs is 1. The highest BCUT2D eigenvalue weighted by atomic mass is 32.2. The van der Waals surface area contributed by atoms with Crippen molar-refractivity contribution >= 4 is 29.3 Å². The molecule has 6 heteroatoms. The number of para-hydroxylation sites is 1. The highest BCUT2D eigenvalue weighted by Gasteiger charge is 2.21. The predicted molar refractivity (Wildman–Crippen MR) is 102 cm³/mol. The lowest BCUT2D eigenvalue weighted by Crippen LogP contribution is -2.39. The summed E-state index contributed by atoms with van der Waals surface area (Å²) in [5.41, 5.74) is 0.797. The van der Waals surface area contributed by atoms with E-state index in [0.717, 1.165) is 30.1 Å². The Kier molecular flexibility index (Phi) is 6.15. The van der Waals surface area contributed by atoms with Crippen molar-refractivity contribution in [3.05, 3.63) is 35.2 Å². The molecular formula is C19H25N3O2S. The number of hydrogen-bond acceptors (Lipinski definition) is 4. The standard InChI is InChI=1S/C19H25N3O2S/c1-14-7-4-5-11-22(14)12-6-10-20-18(23)13-17-19(24)21-15-8-2-3-9-16(15)25-17/h2-3,8-9,13-14H,4-7,10-12H2,1H3,(H,20,23)(H,21,24)/b17-13-/t14-/m1/s1. The summed E-state index contributed by atoms with van der Waals surface area (Å²) in [6.07, 6.45) is 6.20. The molecular weight excluding hydrogens is 334 g/mol. The number of nitrogens with one attached hydrogen (secondary N) is 2. The van der Waals surface area contributed by atoms with Crippen LogP contribution in [0.1, 0.15) is 32.6 Å². The topological polar surface area (TPSA) is 61.4 Å². The van der Waals surface area contributed by atoms with E-state index >= 15 is 0 Å². The maximum Gasteiger partial charge on any atom is 0.262 e. The summed E-state index contributed by atoms with van der Waals surface area (Å²) in [7, 11) is 0. The maximum absolute atomic E-state index is 12.1. The first kappa shape index (κ1) is 18.0. The van der Waals surface area contributed by atoms with Crippen molar-refractivity contribution in [2.24, 2.45) is 0 Å². The first-order valence-electron chi connectivity index (χ1n) is 8.95. The molecule has 2 N–H and O–H groups in total. The second-order valence-electron chi connectivity index (χ2n) is 6.59. The Morgan fingerprint density at radius 3 is 3.08 bits per heavy atom. The van der Waals surface area contributed by atoms with Crippen LogP contribution >= 0.6 is 11.8 Å².